The second-order valence-electron chi connectivity index (χ2n) is 7.72. The molecule has 3 aromatic carbocycles. The molecule has 33 heavy (non-hydrogen) atoms. The molecule has 0 aliphatic carbocycles. The van der Waals surface area contributed by atoms with Crippen molar-refractivity contribution in [3.63, 3.8) is 0 Å². The first-order chi connectivity index (χ1) is 15.8. The molecule has 0 radical (unpaired) electrons. The van der Waals surface area contributed by atoms with Crippen molar-refractivity contribution >= 4 is 23.3 Å². The number of hydrogen-bond acceptors (Lipinski definition) is 3. The molecule has 166 valence electrons. The Bertz CT molecular complexity index is 1330. The first-order valence-corrected chi connectivity index (χ1v) is 10.4. The van der Waals surface area contributed by atoms with Crippen LogP contribution < -0.4 is 10.6 Å². The Morgan fingerprint density at radius 1 is 0.879 bits per heavy atom. The van der Waals surface area contributed by atoms with Gasteiger partial charge >= 0.3 is 0 Å². The maximum absolute atomic E-state index is 13.4. The highest BCUT2D eigenvalue weighted by Gasteiger charge is 2.19. The fourth-order valence-electron chi connectivity index (χ4n) is 3.62. The van der Waals surface area contributed by atoms with E-state index in [1.807, 2.05) is 38.1 Å². The molecule has 0 unspecified atom stereocenters. The van der Waals surface area contributed by atoms with Crippen LogP contribution in [-0.2, 0) is 4.79 Å². The van der Waals surface area contributed by atoms with Crippen molar-refractivity contribution in [2.45, 2.75) is 20.8 Å². The third-order valence-corrected chi connectivity index (χ3v) is 5.26. The van der Waals surface area contributed by atoms with Gasteiger partial charge in [0.2, 0.25) is 5.91 Å². The minimum Gasteiger partial charge on any atom is -0.322 e. The van der Waals surface area contributed by atoms with Gasteiger partial charge in [0, 0.05) is 23.7 Å². The van der Waals surface area contributed by atoms with E-state index < -0.39 is 0 Å². The van der Waals surface area contributed by atoms with Crippen LogP contribution in [0.15, 0.2) is 72.8 Å². The zero-order valence-electron chi connectivity index (χ0n) is 18.5. The van der Waals surface area contributed by atoms with E-state index in [0.717, 1.165) is 16.8 Å². The van der Waals surface area contributed by atoms with Crippen LogP contribution in [0.3, 0.4) is 0 Å². The molecule has 0 saturated heterocycles. The number of benzene rings is 3. The summed E-state index contributed by atoms with van der Waals surface area (Å²) in [4.78, 5) is 24.6. The zero-order chi connectivity index (χ0) is 23.5. The highest BCUT2D eigenvalue weighted by atomic mass is 19.1. The van der Waals surface area contributed by atoms with Crippen LogP contribution in [0.2, 0.25) is 0 Å². The first-order valence-electron chi connectivity index (χ1n) is 10.4. The molecule has 0 aliphatic heterocycles. The number of nitrogens with zero attached hydrogens (tertiary/aromatic N) is 2. The monoisotopic (exact) mass is 442 g/mol. The molecule has 2 N–H and O–H groups in total. The van der Waals surface area contributed by atoms with Crippen LogP contribution in [0.1, 0.15) is 28.5 Å². The second-order valence-corrected chi connectivity index (χ2v) is 7.72. The molecule has 0 spiro atoms. The summed E-state index contributed by atoms with van der Waals surface area (Å²) in [5.74, 6) is -0.344. The number of aromatic nitrogens is 2. The van der Waals surface area contributed by atoms with E-state index in [1.165, 1.54) is 19.1 Å². The second kappa shape index (κ2) is 9.08. The predicted molar refractivity (Wildman–Crippen MR) is 127 cm³/mol. The lowest BCUT2D eigenvalue weighted by atomic mass is 10.1. The molecule has 0 saturated carbocycles. The summed E-state index contributed by atoms with van der Waals surface area (Å²) in [7, 11) is 0. The molecule has 0 fully saturated rings. The lowest BCUT2D eigenvalue weighted by molar-refractivity contribution is -0.114. The van der Waals surface area contributed by atoms with Gasteiger partial charge in [0.1, 0.15) is 11.6 Å². The summed E-state index contributed by atoms with van der Waals surface area (Å²) in [6.45, 7) is 5.17. The molecule has 1 aromatic heterocycles. The number of carbonyl (C=O) groups is 2. The average molecular weight is 442 g/mol. The number of aryl methyl sites for hydroxylation is 2. The third-order valence-electron chi connectivity index (χ3n) is 5.26. The van der Waals surface area contributed by atoms with Gasteiger partial charge in [-0.15, -0.1) is 0 Å². The van der Waals surface area contributed by atoms with E-state index in [1.54, 1.807) is 41.1 Å². The maximum Gasteiger partial charge on any atom is 0.255 e. The summed E-state index contributed by atoms with van der Waals surface area (Å²) < 4.78 is 15.0. The van der Waals surface area contributed by atoms with E-state index in [2.05, 4.69) is 15.7 Å². The van der Waals surface area contributed by atoms with Gasteiger partial charge < -0.3 is 10.6 Å². The number of nitrogens with one attached hydrogen (secondary N) is 2. The third kappa shape index (κ3) is 4.67. The van der Waals surface area contributed by atoms with E-state index >= 15 is 0 Å². The fraction of sp³-hybridized carbons (Fsp3) is 0.115. The Kier molecular flexibility index (Phi) is 6.04. The Hall–Kier alpha value is -4.26. The van der Waals surface area contributed by atoms with Crippen LogP contribution in [-0.4, -0.2) is 21.6 Å². The van der Waals surface area contributed by atoms with Gasteiger partial charge in [0.15, 0.2) is 0 Å². The highest BCUT2D eigenvalue weighted by Crippen LogP contribution is 2.33. The number of anilines is 2. The molecular formula is C26H23FN4O2. The number of hydrogen-bond donors (Lipinski definition) is 2. The van der Waals surface area contributed by atoms with Crippen molar-refractivity contribution in [3.05, 3.63) is 95.4 Å². The number of para-hydroxylation sites is 1. The van der Waals surface area contributed by atoms with E-state index in [-0.39, 0.29) is 17.6 Å². The Labute approximate surface area is 191 Å². The van der Waals surface area contributed by atoms with Gasteiger partial charge in [0.05, 0.1) is 11.4 Å². The minimum atomic E-state index is -0.343. The molecule has 2 amide bonds. The van der Waals surface area contributed by atoms with E-state index in [4.69, 9.17) is 0 Å². The largest absolute Gasteiger partial charge is 0.322 e. The Balaban J connectivity index is 1.68. The lowest BCUT2D eigenvalue weighted by Crippen LogP contribution is -2.14. The molecular weight excluding hydrogens is 419 g/mol. The lowest BCUT2D eigenvalue weighted by Gasteiger charge is -2.12. The van der Waals surface area contributed by atoms with Crippen molar-refractivity contribution in [1.29, 1.82) is 0 Å². The molecule has 4 aromatic rings. The van der Waals surface area contributed by atoms with Gasteiger partial charge in [0.25, 0.3) is 5.91 Å². The first kappa shape index (κ1) is 22.0. The standard InChI is InChI=1S/C26H23FN4O2/c1-16-6-4-5-7-23(16)29-26(33)20-10-14-22(15-11-20)31-25(28-18(3)32)24(17(2)30-31)19-8-12-21(27)13-9-19/h4-15H,1-3H3,(H,28,32)(H,29,33). The van der Waals surface area contributed by atoms with Crippen molar-refractivity contribution in [2.24, 2.45) is 0 Å². The van der Waals surface area contributed by atoms with Crippen molar-refractivity contribution in [2.75, 3.05) is 10.6 Å². The quantitative estimate of drug-likeness (QED) is 0.428. The number of carbonyl (C=O) groups excluding carboxylic acids is 2. The fourth-order valence-corrected chi connectivity index (χ4v) is 3.62. The molecule has 0 bridgehead atoms. The smallest absolute Gasteiger partial charge is 0.255 e. The van der Waals surface area contributed by atoms with Crippen LogP contribution in [0.4, 0.5) is 15.9 Å². The van der Waals surface area contributed by atoms with E-state index in [0.29, 0.717) is 28.3 Å². The molecule has 1 heterocycles. The van der Waals surface area contributed by atoms with Crippen LogP contribution in [0.25, 0.3) is 16.8 Å². The molecule has 6 nitrogen and oxygen atoms in total. The topological polar surface area (TPSA) is 76.0 Å². The van der Waals surface area contributed by atoms with Crippen LogP contribution in [0, 0.1) is 19.7 Å². The predicted octanol–water partition coefficient (Wildman–Crippen LogP) is 5.51. The molecule has 0 atom stereocenters. The highest BCUT2D eigenvalue weighted by molar-refractivity contribution is 6.04. The molecule has 7 heteroatoms. The van der Waals surface area contributed by atoms with Crippen molar-refractivity contribution in [1.82, 2.24) is 9.78 Å². The Morgan fingerprint density at radius 2 is 1.55 bits per heavy atom. The SMILES string of the molecule is CC(=O)Nc1c(-c2ccc(F)cc2)c(C)nn1-c1ccc(C(=O)Nc2ccccc2C)cc1. The number of rotatable bonds is 5. The molecule has 4 rings (SSSR count). The van der Waals surface area contributed by atoms with Crippen LogP contribution in [0.5, 0.6) is 0 Å². The zero-order valence-corrected chi connectivity index (χ0v) is 18.5. The van der Waals surface area contributed by atoms with Crippen LogP contribution >= 0.6 is 0 Å². The maximum atomic E-state index is 13.4. The van der Waals surface area contributed by atoms with Gasteiger partial charge in [-0.1, -0.05) is 30.3 Å². The molecule has 0 aliphatic rings. The summed E-state index contributed by atoms with van der Waals surface area (Å²) >= 11 is 0. The normalized spacial score (nSPS) is 10.7. The van der Waals surface area contributed by atoms with Gasteiger partial charge in [-0.2, -0.15) is 5.10 Å². The Morgan fingerprint density at radius 3 is 2.18 bits per heavy atom. The minimum absolute atomic E-state index is 0.221. The summed E-state index contributed by atoms with van der Waals surface area (Å²) in [6.07, 6.45) is 0. The van der Waals surface area contributed by atoms with Crippen molar-refractivity contribution in [3.8, 4) is 16.8 Å². The average Bonchev–Trinajstić information content (AvgIpc) is 3.11. The number of halogens is 1. The van der Waals surface area contributed by atoms with Gasteiger partial charge in [-0.3, -0.25) is 9.59 Å². The van der Waals surface area contributed by atoms with Gasteiger partial charge in [-0.05, 0) is 67.4 Å². The van der Waals surface area contributed by atoms with E-state index in [9.17, 15) is 14.0 Å². The number of amides is 2. The summed E-state index contributed by atoms with van der Waals surface area (Å²) in [5, 5.41) is 10.3. The summed E-state index contributed by atoms with van der Waals surface area (Å²) in [5.41, 5.74) is 5.00. The summed E-state index contributed by atoms with van der Waals surface area (Å²) in [6, 6.07) is 20.5. The van der Waals surface area contributed by atoms with Gasteiger partial charge in [-0.25, -0.2) is 9.07 Å². The van der Waals surface area contributed by atoms with Crippen molar-refractivity contribution < 1.29 is 14.0 Å².